The summed E-state index contributed by atoms with van der Waals surface area (Å²) >= 11 is 1.82. The molecule has 0 aliphatic heterocycles. The summed E-state index contributed by atoms with van der Waals surface area (Å²) in [4.78, 5) is 12.2. The molecule has 4 nitrogen and oxygen atoms in total. The third-order valence-electron chi connectivity index (χ3n) is 6.25. The molecular weight excluding hydrogens is 426 g/mol. The number of nitrogens with zero attached hydrogens (tertiary/aromatic N) is 1. The summed E-state index contributed by atoms with van der Waals surface area (Å²) in [6.07, 6.45) is 4.59. The predicted molar refractivity (Wildman–Crippen MR) is 142 cm³/mol. The Balaban J connectivity index is 1.41. The number of carbonyl (C=O) groups is 1. The first kappa shape index (κ1) is 23.5. The maximum Gasteiger partial charge on any atom is 0.216 e. The van der Waals surface area contributed by atoms with Gasteiger partial charge in [0.2, 0.25) is 5.91 Å². The number of hydrogen-bond donors (Lipinski definition) is 2. The van der Waals surface area contributed by atoms with Gasteiger partial charge in [0, 0.05) is 53.2 Å². The Morgan fingerprint density at radius 1 is 0.939 bits per heavy atom. The molecule has 2 heterocycles. The van der Waals surface area contributed by atoms with Crippen molar-refractivity contribution in [1.29, 1.82) is 0 Å². The molecule has 0 bridgehead atoms. The molecular formula is C28H35N3OS. The van der Waals surface area contributed by atoms with Crippen molar-refractivity contribution >= 4 is 39.0 Å². The zero-order valence-corrected chi connectivity index (χ0v) is 20.9. The zero-order chi connectivity index (χ0) is 23.2. The molecule has 4 rings (SSSR count). The van der Waals surface area contributed by atoms with Crippen LogP contribution in [0.4, 0.5) is 0 Å². The largest absolute Gasteiger partial charge is 0.356 e. The minimum Gasteiger partial charge on any atom is -0.356 e. The molecule has 0 aliphatic rings. The topological polar surface area (TPSA) is 46.1 Å². The number of rotatable bonds is 11. The first-order valence-electron chi connectivity index (χ1n) is 12.1. The van der Waals surface area contributed by atoms with Gasteiger partial charge >= 0.3 is 0 Å². The van der Waals surface area contributed by atoms with Gasteiger partial charge in [0.25, 0.3) is 0 Å². The quantitative estimate of drug-likeness (QED) is 0.246. The number of thiophene rings is 1. The van der Waals surface area contributed by atoms with Crippen molar-refractivity contribution in [3.05, 3.63) is 59.0 Å². The number of nitrogens with one attached hydrogen (secondary N) is 2. The predicted octanol–water partition coefficient (Wildman–Crippen LogP) is 6.64. The molecule has 0 atom stereocenters. The Hall–Kier alpha value is -2.63. The minimum atomic E-state index is 0.0636. The molecule has 2 aromatic heterocycles. The van der Waals surface area contributed by atoms with Gasteiger partial charge in [-0.05, 0) is 79.6 Å². The van der Waals surface area contributed by atoms with E-state index in [4.69, 9.17) is 0 Å². The summed E-state index contributed by atoms with van der Waals surface area (Å²) in [6.45, 7) is 9.64. The maximum atomic E-state index is 10.9. The van der Waals surface area contributed by atoms with Crippen LogP contribution < -0.4 is 10.6 Å². The fraction of sp³-hybridized carbons (Fsp3) is 0.393. The van der Waals surface area contributed by atoms with Gasteiger partial charge in [-0.2, -0.15) is 0 Å². The SMILES string of the molecule is CCn1c2ccc(CNCCCCCCNC(C)=O)cc2c2ccc(-c3cc(C)cs3)cc21. The van der Waals surface area contributed by atoms with E-state index in [-0.39, 0.29) is 5.91 Å². The van der Waals surface area contributed by atoms with Crippen LogP contribution in [0.25, 0.3) is 32.2 Å². The van der Waals surface area contributed by atoms with E-state index >= 15 is 0 Å². The lowest BCUT2D eigenvalue weighted by molar-refractivity contribution is -0.118. The van der Waals surface area contributed by atoms with Crippen molar-refractivity contribution in [2.75, 3.05) is 13.1 Å². The summed E-state index contributed by atoms with van der Waals surface area (Å²) in [5.41, 5.74) is 6.60. The molecule has 2 aromatic carbocycles. The number of unbranched alkanes of at least 4 members (excludes halogenated alkanes) is 3. The van der Waals surface area contributed by atoms with Crippen molar-refractivity contribution in [3.63, 3.8) is 0 Å². The Labute approximate surface area is 201 Å². The standard InChI is InChI=1S/C28H35N3OS/c1-4-31-26-12-9-22(18-29-13-7-5-6-8-14-30-21(3)32)16-25(26)24-11-10-23(17-27(24)31)28-15-20(2)19-33-28/h9-12,15-17,19,29H,4-8,13-14,18H2,1-3H3,(H,30,32). The highest BCUT2D eigenvalue weighted by Crippen LogP contribution is 2.35. The molecule has 0 spiro atoms. The minimum absolute atomic E-state index is 0.0636. The van der Waals surface area contributed by atoms with Gasteiger partial charge in [-0.3, -0.25) is 4.79 Å². The fourth-order valence-electron chi connectivity index (χ4n) is 4.56. The van der Waals surface area contributed by atoms with Crippen molar-refractivity contribution in [3.8, 4) is 10.4 Å². The average molecular weight is 462 g/mol. The van der Waals surface area contributed by atoms with Crippen molar-refractivity contribution in [2.45, 2.75) is 59.5 Å². The van der Waals surface area contributed by atoms with E-state index in [9.17, 15) is 4.79 Å². The number of fused-ring (bicyclic) bond motifs is 3. The molecule has 5 heteroatoms. The first-order chi connectivity index (χ1) is 16.1. The van der Waals surface area contributed by atoms with Gasteiger partial charge < -0.3 is 15.2 Å². The van der Waals surface area contributed by atoms with Crippen molar-refractivity contribution < 1.29 is 4.79 Å². The van der Waals surface area contributed by atoms with Crippen LogP contribution in [-0.2, 0) is 17.9 Å². The zero-order valence-electron chi connectivity index (χ0n) is 20.0. The van der Waals surface area contributed by atoms with Crippen LogP contribution in [0.1, 0.15) is 50.7 Å². The maximum absolute atomic E-state index is 10.9. The van der Waals surface area contributed by atoms with Crippen LogP contribution in [0.15, 0.2) is 47.8 Å². The highest BCUT2D eigenvalue weighted by molar-refractivity contribution is 7.13. The summed E-state index contributed by atoms with van der Waals surface area (Å²) in [6, 6.07) is 16.1. The van der Waals surface area contributed by atoms with Gasteiger partial charge in [-0.25, -0.2) is 0 Å². The average Bonchev–Trinajstić information content (AvgIpc) is 3.38. The molecule has 0 fully saturated rings. The molecule has 174 valence electrons. The van der Waals surface area contributed by atoms with Gasteiger partial charge in [-0.15, -0.1) is 11.3 Å². The van der Waals surface area contributed by atoms with Crippen molar-refractivity contribution in [2.24, 2.45) is 0 Å². The Morgan fingerprint density at radius 3 is 2.48 bits per heavy atom. The van der Waals surface area contributed by atoms with Gasteiger partial charge in [0.05, 0.1) is 0 Å². The molecule has 0 aliphatic carbocycles. The molecule has 0 saturated carbocycles. The molecule has 1 amide bonds. The highest BCUT2D eigenvalue weighted by atomic mass is 32.1. The second kappa shape index (κ2) is 11.0. The molecule has 2 N–H and O–H groups in total. The molecule has 0 unspecified atom stereocenters. The number of carbonyl (C=O) groups excluding carboxylic acids is 1. The third kappa shape index (κ3) is 5.66. The normalized spacial score (nSPS) is 11.5. The second-order valence-electron chi connectivity index (χ2n) is 8.89. The van der Waals surface area contributed by atoms with E-state index in [1.807, 2.05) is 11.3 Å². The Bertz CT molecular complexity index is 1240. The number of hydrogen-bond acceptors (Lipinski definition) is 3. The number of amides is 1. The lowest BCUT2D eigenvalue weighted by Gasteiger charge is -2.07. The Morgan fingerprint density at radius 2 is 1.76 bits per heavy atom. The monoisotopic (exact) mass is 461 g/mol. The van der Waals surface area contributed by atoms with Crippen LogP contribution in [0.3, 0.4) is 0 Å². The van der Waals surface area contributed by atoms with Crippen LogP contribution in [-0.4, -0.2) is 23.6 Å². The smallest absolute Gasteiger partial charge is 0.216 e. The van der Waals surface area contributed by atoms with E-state index in [0.717, 1.165) is 39.0 Å². The number of aromatic nitrogens is 1. The number of benzene rings is 2. The van der Waals surface area contributed by atoms with Gasteiger partial charge in [0.1, 0.15) is 0 Å². The summed E-state index contributed by atoms with van der Waals surface area (Å²) in [7, 11) is 0. The van der Waals surface area contributed by atoms with Crippen LogP contribution in [0.5, 0.6) is 0 Å². The summed E-state index contributed by atoms with van der Waals surface area (Å²) in [5.74, 6) is 0.0636. The Kier molecular flexibility index (Phi) is 7.84. The van der Waals surface area contributed by atoms with Gasteiger partial charge in [-0.1, -0.05) is 31.0 Å². The lowest BCUT2D eigenvalue weighted by atomic mass is 10.1. The van der Waals surface area contributed by atoms with E-state index < -0.39 is 0 Å². The van der Waals surface area contributed by atoms with E-state index in [1.54, 1.807) is 6.92 Å². The second-order valence-corrected chi connectivity index (χ2v) is 9.80. The van der Waals surface area contributed by atoms with E-state index in [2.05, 4.69) is 76.9 Å². The third-order valence-corrected chi connectivity index (χ3v) is 7.34. The van der Waals surface area contributed by atoms with Crippen LogP contribution >= 0.6 is 11.3 Å². The van der Waals surface area contributed by atoms with E-state index in [0.29, 0.717) is 0 Å². The van der Waals surface area contributed by atoms with Crippen LogP contribution in [0, 0.1) is 6.92 Å². The van der Waals surface area contributed by atoms with Crippen molar-refractivity contribution in [1.82, 2.24) is 15.2 Å². The fourth-order valence-corrected chi connectivity index (χ4v) is 5.46. The van der Waals surface area contributed by atoms with Crippen LogP contribution in [0.2, 0.25) is 0 Å². The summed E-state index contributed by atoms with van der Waals surface area (Å²) < 4.78 is 2.44. The lowest BCUT2D eigenvalue weighted by Crippen LogP contribution is -2.20. The molecule has 0 radical (unpaired) electrons. The van der Waals surface area contributed by atoms with E-state index in [1.165, 1.54) is 56.2 Å². The van der Waals surface area contributed by atoms with Gasteiger partial charge in [0.15, 0.2) is 0 Å². The summed E-state index contributed by atoms with van der Waals surface area (Å²) in [5, 5.41) is 11.4. The highest BCUT2D eigenvalue weighted by Gasteiger charge is 2.12. The molecule has 0 saturated heterocycles. The molecule has 33 heavy (non-hydrogen) atoms. The first-order valence-corrected chi connectivity index (χ1v) is 13.0. The molecule has 4 aromatic rings. The number of aryl methyl sites for hydroxylation is 2.